The van der Waals surface area contributed by atoms with E-state index in [0.717, 1.165) is 6.42 Å². The van der Waals surface area contributed by atoms with Gasteiger partial charge in [0.2, 0.25) is 0 Å². The molecule has 5 nitrogen and oxygen atoms in total. The summed E-state index contributed by atoms with van der Waals surface area (Å²) in [6.07, 6.45) is 1.65. The minimum absolute atomic E-state index is 0.109. The van der Waals surface area contributed by atoms with Crippen molar-refractivity contribution in [2.45, 2.75) is 39.7 Å². The number of hydrogen-bond acceptors (Lipinski definition) is 4. The van der Waals surface area contributed by atoms with Gasteiger partial charge in [-0.1, -0.05) is 26.0 Å². The molecular weight excluding hydrogens is 166 g/mol. The number of tetrazole rings is 1. The standard InChI is InChI=1S/C8H17N5/c1-8(2,3)5-6(9)4-7-10-12-13-11-7/h6H,4-5,9H2,1-3H3,(H,10,11,12,13). The normalized spacial score (nSPS) is 14.5. The van der Waals surface area contributed by atoms with E-state index < -0.39 is 0 Å². The molecule has 1 rings (SSSR count). The van der Waals surface area contributed by atoms with Crippen molar-refractivity contribution in [1.82, 2.24) is 20.6 Å². The Bertz CT molecular complexity index is 236. The molecule has 0 aliphatic carbocycles. The fourth-order valence-electron chi connectivity index (χ4n) is 1.36. The quantitative estimate of drug-likeness (QED) is 0.715. The van der Waals surface area contributed by atoms with Crippen LogP contribution in [0.25, 0.3) is 0 Å². The lowest BCUT2D eigenvalue weighted by atomic mass is 9.87. The minimum atomic E-state index is 0.109. The van der Waals surface area contributed by atoms with Crippen LogP contribution in [0.5, 0.6) is 0 Å². The molecule has 1 atom stereocenters. The first-order valence-corrected chi connectivity index (χ1v) is 4.45. The van der Waals surface area contributed by atoms with Crippen molar-refractivity contribution in [2.24, 2.45) is 11.1 Å². The number of hydrogen-bond donors (Lipinski definition) is 2. The van der Waals surface area contributed by atoms with Crippen LogP contribution in [0.15, 0.2) is 0 Å². The fourth-order valence-corrected chi connectivity index (χ4v) is 1.36. The van der Waals surface area contributed by atoms with E-state index in [-0.39, 0.29) is 11.5 Å². The predicted molar refractivity (Wildman–Crippen MR) is 49.9 cm³/mol. The average molecular weight is 183 g/mol. The SMILES string of the molecule is CC(C)(C)CC(N)Cc1nn[nH]n1. The van der Waals surface area contributed by atoms with E-state index in [2.05, 4.69) is 41.4 Å². The van der Waals surface area contributed by atoms with Crippen molar-refractivity contribution < 1.29 is 0 Å². The number of nitrogens with one attached hydrogen (secondary N) is 1. The summed E-state index contributed by atoms with van der Waals surface area (Å²) in [7, 11) is 0. The largest absolute Gasteiger partial charge is 0.327 e. The highest BCUT2D eigenvalue weighted by Gasteiger charge is 2.17. The lowest BCUT2D eigenvalue weighted by Gasteiger charge is -2.22. The van der Waals surface area contributed by atoms with E-state index >= 15 is 0 Å². The van der Waals surface area contributed by atoms with E-state index in [1.165, 1.54) is 0 Å². The van der Waals surface area contributed by atoms with Crippen LogP contribution < -0.4 is 5.73 Å². The van der Waals surface area contributed by atoms with Gasteiger partial charge in [-0.15, -0.1) is 10.2 Å². The summed E-state index contributed by atoms with van der Waals surface area (Å²) >= 11 is 0. The Morgan fingerprint density at radius 3 is 2.62 bits per heavy atom. The summed E-state index contributed by atoms with van der Waals surface area (Å²) in [5.74, 6) is 0.691. The van der Waals surface area contributed by atoms with E-state index in [9.17, 15) is 0 Å². The van der Waals surface area contributed by atoms with Gasteiger partial charge in [0.05, 0.1) is 0 Å². The fraction of sp³-hybridized carbons (Fsp3) is 0.875. The maximum absolute atomic E-state index is 5.93. The van der Waals surface area contributed by atoms with E-state index in [0.29, 0.717) is 12.2 Å². The van der Waals surface area contributed by atoms with Gasteiger partial charge in [-0.3, -0.25) is 0 Å². The molecule has 1 aromatic rings. The Hall–Kier alpha value is -0.970. The maximum atomic E-state index is 5.93. The van der Waals surface area contributed by atoms with Gasteiger partial charge in [0.1, 0.15) is 0 Å². The van der Waals surface area contributed by atoms with Crippen molar-refractivity contribution in [2.75, 3.05) is 0 Å². The zero-order valence-electron chi connectivity index (χ0n) is 8.41. The first-order chi connectivity index (χ1) is 5.97. The topological polar surface area (TPSA) is 80.5 Å². The molecule has 0 saturated heterocycles. The highest BCUT2D eigenvalue weighted by Crippen LogP contribution is 2.20. The smallest absolute Gasteiger partial charge is 0.176 e. The van der Waals surface area contributed by atoms with Gasteiger partial charge < -0.3 is 5.73 Å². The molecule has 0 amide bonds. The third kappa shape index (κ3) is 3.98. The van der Waals surface area contributed by atoms with Crippen molar-refractivity contribution in [3.05, 3.63) is 5.82 Å². The molecule has 1 aromatic heterocycles. The molecule has 1 unspecified atom stereocenters. The van der Waals surface area contributed by atoms with Crippen molar-refractivity contribution in [3.63, 3.8) is 0 Å². The van der Waals surface area contributed by atoms with Crippen molar-refractivity contribution in [3.8, 4) is 0 Å². The third-order valence-electron chi connectivity index (χ3n) is 1.71. The summed E-state index contributed by atoms with van der Waals surface area (Å²) < 4.78 is 0. The molecule has 0 bridgehead atoms. The highest BCUT2D eigenvalue weighted by molar-refractivity contribution is 4.84. The number of H-pyrrole nitrogens is 1. The van der Waals surface area contributed by atoms with Crippen molar-refractivity contribution in [1.29, 1.82) is 0 Å². The van der Waals surface area contributed by atoms with E-state index in [1.807, 2.05) is 0 Å². The van der Waals surface area contributed by atoms with Gasteiger partial charge in [0, 0.05) is 12.5 Å². The Labute approximate surface area is 78.1 Å². The molecule has 0 aromatic carbocycles. The maximum Gasteiger partial charge on any atom is 0.176 e. The molecular formula is C8H17N5. The van der Waals surface area contributed by atoms with Gasteiger partial charge in [0.15, 0.2) is 5.82 Å². The Balaban J connectivity index is 2.38. The number of aromatic nitrogens is 4. The Morgan fingerprint density at radius 2 is 2.15 bits per heavy atom. The molecule has 13 heavy (non-hydrogen) atoms. The molecule has 0 spiro atoms. The van der Waals surface area contributed by atoms with Gasteiger partial charge in [-0.05, 0) is 11.8 Å². The van der Waals surface area contributed by atoms with Crippen LogP contribution in [-0.4, -0.2) is 26.7 Å². The number of aromatic amines is 1. The van der Waals surface area contributed by atoms with Crippen molar-refractivity contribution >= 4 is 0 Å². The summed E-state index contributed by atoms with van der Waals surface area (Å²) in [5, 5.41) is 13.6. The summed E-state index contributed by atoms with van der Waals surface area (Å²) in [6.45, 7) is 6.51. The zero-order valence-corrected chi connectivity index (χ0v) is 8.41. The van der Waals surface area contributed by atoms with Crippen LogP contribution in [0, 0.1) is 5.41 Å². The number of nitrogens with two attached hydrogens (primary N) is 1. The van der Waals surface area contributed by atoms with Crippen LogP contribution in [-0.2, 0) is 6.42 Å². The third-order valence-corrected chi connectivity index (χ3v) is 1.71. The molecule has 3 N–H and O–H groups in total. The molecule has 0 aliphatic heterocycles. The first-order valence-electron chi connectivity index (χ1n) is 4.45. The second-order valence-corrected chi connectivity index (χ2v) is 4.56. The molecule has 0 radical (unpaired) electrons. The first kappa shape index (κ1) is 10.1. The second-order valence-electron chi connectivity index (χ2n) is 4.56. The minimum Gasteiger partial charge on any atom is -0.327 e. The summed E-state index contributed by atoms with van der Waals surface area (Å²) in [4.78, 5) is 0. The Kier molecular flexibility index (Phi) is 2.98. The second kappa shape index (κ2) is 3.83. The van der Waals surface area contributed by atoms with Crippen LogP contribution in [0.2, 0.25) is 0 Å². The molecule has 0 aliphatic rings. The van der Waals surface area contributed by atoms with Gasteiger partial charge in [0.25, 0.3) is 0 Å². The molecule has 1 heterocycles. The number of nitrogens with zero attached hydrogens (tertiary/aromatic N) is 3. The van der Waals surface area contributed by atoms with Gasteiger partial charge >= 0.3 is 0 Å². The molecule has 5 heteroatoms. The zero-order chi connectivity index (χ0) is 9.90. The number of rotatable bonds is 3. The highest BCUT2D eigenvalue weighted by atomic mass is 15.5. The van der Waals surface area contributed by atoms with E-state index in [4.69, 9.17) is 5.73 Å². The molecule has 74 valence electrons. The Morgan fingerprint density at radius 1 is 1.46 bits per heavy atom. The monoisotopic (exact) mass is 183 g/mol. The summed E-state index contributed by atoms with van der Waals surface area (Å²) in [6, 6.07) is 0.109. The molecule has 0 saturated carbocycles. The predicted octanol–water partition coefficient (Wildman–Crippen LogP) is 0.506. The van der Waals surface area contributed by atoms with Gasteiger partial charge in [-0.25, -0.2) is 0 Å². The van der Waals surface area contributed by atoms with Crippen LogP contribution >= 0.6 is 0 Å². The molecule has 0 fully saturated rings. The van der Waals surface area contributed by atoms with Crippen LogP contribution in [0.3, 0.4) is 0 Å². The van der Waals surface area contributed by atoms with Gasteiger partial charge in [-0.2, -0.15) is 5.21 Å². The van der Waals surface area contributed by atoms with E-state index in [1.54, 1.807) is 0 Å². The average Bonchev–Trinajstić information content (AvgIpc) is 2.34. The summed E-state index contributed by atoms with van der Waals surface area (Å²) in [5.41, 5.74) is 6.18. The lowest BCUT2D eigenvalue weighted by Crippen LogP contribution is -2.28. The van der Waals surface area contributed by atoms with Crippen LogP contribution in [0.1, 0.15) is 33.0 Å². The lowest BCUT2D eigenvalue weighted by molar-refractivity contribution is 0.336. The van der Waals surface area contributed by atoms with Crippen LogP contribution in [0.4, 0.5) is 0 Å².